The van der Waals surface area contributed by atoms with Crippen molar-refractivity contribution in [3.63, 3.8) is 0 Å². The second-order valence-electron chi connectivity index (χ2n) is 4.26. The highest BCUT2D eigenvalue weighted by Crippen LogP contribution is 2.23. The van der Waals surface area contributed by atoms with E-state index in [0.717, 1.165) is 4.88 Å². The van der Waals surface area contributed by atoms with Crippen LogP contribution in [0, 0.1) is 5.41 Å². The van der Waals surface area contributed by atoms with E-state index in [1.165, 1.54) is 11.3 Å². The molecule has 0 bridgehead atoms. The average molecular weight is 225 g/mol. The number of thiazole rings is 1. The summed E-state index contributed by atoms with van der Waals surface area (Å²) in [5.74, 6) is -0.0639. The largest absolute Gasteiger partial charge is 0.398 e. The first kappa shape index (κ1) is 11.7. The number of hydrogen-bond acceptors (Lipinski definition) is 4. The Labute approximate surface area is 93.2 Å². The van der Waals surface area contributed by atoms with E-state index in [-0.39, 0.29) is 5.91 Å². The van der Waals surface area contributed by atoms with Crippen molar-refractivity contribution in [3.8, 4) is 0 Å². The summed E-state index contributed by atoms with van der Waals surface area (Å²) >= 11 is 1.32. The molecule has 5 heteroatoms. The lowest BCUT2D eigenvalue weighted by atomic mass is 9.96. The zero-order valence-corrected chi connectivity index (χ0v) is 9.94. The van der Waals surface area contributed by atoms with Crippen molar-refractivity contribution in [1.29, 1.82) is 0 Å². The summed E-state index contributed by atoms with van der Waals surface area (Å²) in [6.45, 7) is 9.14. The molecule has 15 heavy (non-hydrogen) atoms. The van der Waals surface area contributed by atoms with Crippen LogP contribution in [0.4, 0.5) is 5.13 Å². The molecule has 0 unspecified atom stereocenters. The van der Waals surface area contributed by atoms with Crippen molar-refractivity contribution in [2.45, 2.75) is 20.8 Å². The fraction of sp³-hybridized carbons (Fsp3) is 0.400. The van der Waals surface area contributed by atoms with Gasteiger partial charge in [-0.15, -0.1) is 0 Å². The van der Waals surface area contributed by atoms with Crippen molar-refractivity contribution < 1.29 is 4.79 Å². The average Bonchev–Trinajstić information content (AvgIpc) is 2.50. The number of nitrogens with one attached hydrogen (secondary N) is 1. The summed E-state index contributed by atoms with van der Waals surface area (Å²) in [6.07, 6.45) is 1.60. The Morgan fingerprint density at radius 1 is 1.60 bits per heavy atom. The number of anilines is 1. The van der Waals surface area contributed by atoms with Crippen LogP contribution >= 0.6 is 11.3 Å². The van der Waals surface area contributed by atoms with Gasteiger partial charge < -0.3 is 11.1 Å². The SMILES string of the molecule is C=C(N)c1cnc(NC(=O)C(C)(C)C)s1. The van der Waals surface area contributed by atoms with E-state index in [1.807, 2.05) is 20.8 Å². The third kappa shape index (κ3) is 3.06. The number of nitrogens with two attached hydrogens (primary N) is 1. The number of nitrogens with zero attached hydrogens (tertiary/aromatic N) is 1. The Morgan fingerprint density at radius 3 is 2.60 bits per heavy atom. The Bertz CT molecular complexity index is 390. The normalized spacial score (nSPS) is 11.1. The highest BCUT2D eigenvalue weighted by Gasteiger charge is 2.22. The van der Waals surface area contributed by atoms with Crippen molar-refractivity contribution in [2.24, 2.45) is 11.1 Å². The van der Waals surface area contributed by atoms with Gasteiger partial charge in [-0.25, -0.2) is 4.98 Å². The topological polar surface area (TPSA) is 68.0 Å². The molecule has 1 rings (SSSR count). The molecule has 0 saturated heterocycles. The highest BCUT2D eigenvalue weighted by atomic mass is 32.1. The summed E-state index contributed by atoms with van der Waals surface area (Å²) in [5.41, 5.74) is 5.54. The molecule has 4 nitrogen and oxygen atoms in total. The zero-order chi connectivity index (χ0) is 11.6. The van der Waals surface area contributed by atoms with Crippen molar-refractivity contribution in [1.82, 2.24) is 4.98 Å². The molecule has 1 heterocycles. The molecule has 1 aromatic heterocycles. The molecule has 1 aromatic rings. The van der Waals surface area contributed by atoms with Crippen LogP contribution in [0.1, 0.15) is 25.6 Å². The van der Waals surface area contributed by atoms with Crippen molar-refractivity contribution in [2.75, 3.05) is 5.32 Å². The Morgan fingerprint density at radius 2 is 2.20 bits per heavy atom. The van der Waals surface area contributed by atoms with E-state index in [4.69, 9.17) is 5.73 Å². The maximum absolute atomic E-state index is 11.6. The Balaban J connectivity index is 2.74. The number of rotatable bonds is 2. The van der Waals surface area contributed by atoms with Gasteiger partial charge in [-0.2, -0.15) is 0 Å². The van der Waals surface area contributed by atoms with Gasteiger partial charge in [-0.05, 0) is 0 Å². The van der Waals surface area contributed by atoms with Crippen molar-refractivity contribution in [3.05, 3.63) is 17.7 Å². The lowest BCUT2D eigenvalue weighted by Gasteiger charge is -2.15. The number of carbonyl (C=O) groups excluding carboxylic acids is 1. The minimum Gasteiger partial charge on any atom is -0.398 e. The first-order valence-corrected chi connectivity index (χ1v) is 5.34. The van der Waals surface area contributed by atoms with Crippen LogP contribution in [0.3, 0.4) is 0 Å². The number of amides is 1. The Kier molecular flexibility index (Phi) is 3.14. The molecule has 0 atom stereocenters. The van der Waals surface area contributed by atoms with Gasteiger partial charge in [0, 0.05) is 17.3 Å². The van der Waals surface area contributed by atoms with Crippen molar-refractivity contribution >= 4 is 28.1 Å². The molecule has 0 aromatic carbocycles. The molecule has 0 aliphatic heterocycles. The van der Waals surface area contributed by atoms with E-state index >= 15 is 0 Å². The second-order valence-corrected chi connectivity index (χ2v) is 5.29. The molecule has 0 spiro atoms. The summed E-state index contributed by atoms with van der Waals surface area (Å²) < 4.78 is 0. The van der Waals surface area contributed by atoms with Gasteiger partial charge in [0.05, 0.1) is 4.88 Å². The maximum Gasteiger partial charge on any atom is 0.231 e. The zero-order valence-electron chi connectivity index (χ0n) is 9.13. The summed E-state index contributed by atoms with van der Waals surface area (Å²) in [4.78, 5) is 16.4. The first-order chi connectivity index (χ1) is 6.80. The van der Waals surface area contributed by atoms with E-state index in [9.17, 15) is 4.79 Å². The molecule has 82 valence electrons. The minimum absolute atomic E-state index is 0.0639. The third-order valence-electron chi connectivity index (χ3n) is 1.72. The highest BCUT2D eigenvalue weighted by molar-refractivity contribution is 7.16. The van der Waals surface area contributed by atoms with Gasteiger partial charge in [-0.3, -0.25) is 4.79 Å². The van der Waals surface area contributed by atoms with Gasteiger partial charge >= 0.3 is 0 Å². The van der Waals surface area contributed by atoms with E-state index in [1.54, 1.807) is 6.20 Å². The molecule has 0 aliphatic carbocycles. The molecule has 0 radical (unpaired) electrons. The monoisotopic (exact) mass is 225 g/mol. The summed E-state index contributed by atoms with van der Waals surface area (Å²) in [5, 5.41) is 3.28. The molecular formula is C10H15N3OS. The molecule has 3 N–H and O–H groups in total. The maximum atomic E-state index is 11.6. The van der Waals surface area contributed by atoms with Gasteiger partial charge in [0.1, 0.15) is 0 Å². The summed E-state index contributed by atoms with van der Waals surface area (Å²) in [6, 6.07) is 0. The third-order valence-corrected chi connectivity index (χ3v) is 2.71. The van der Waals surface area contributed by atoms with Crippen LogP contribution in [-0.2, 0) is 4.79 Å². The second kappa shape index (κ2) is 4.02. The first-order valence-electron chi connectivity index (χ1n) is 4.53. The lowest BCUT2D eigenvalue weighted by Crippen LogP contribution is -2.27. The Hall–Kier alpha value is -1.36. The van der Waals surface area contributed by atoms with E-state index in [0.29, 0.717) is 10.8 Å². The fourth-order valence-corrected chi connectivity index (χ4v) is 1.46. The number of hydrogen-bond donors (Lipinski definition) is 2. The van der Waals surface area contributed by atoms with Crippen LogP contribution in [0.15, 0.2) is 12.8 Å². The number of aromatic nitrogens is 1. The van der Waals surface area contributed by atoms with Gasteiger partial charge in [0.15, 0.2) is 5.13 Å². The quantitative estimate of drug-likeness (QED) is 0.809. The van der Waals surface area contributed by atoms with Crippen LogP contribution in [0.25, 0.3) is 5.70 Å². The number of carbonyl (C=O) groups is 1. The molecule has 1 amide bonds. The summed E-state index contributed by atoms with van der Waals surface area (Å²) in [7, 11) is 0. The smallest absolute Gasteiger partial charge is 0.231 e. The minimum atomic E-state index is -0.425. The standard InChI is InChI=1S/C10H15N3OS/c1-6(11)7-5-12-9(15-7)13-8(14)10(2,3)4/h5H,1,11H2,2-4H3,(H,12,13,14). The predicted molar refractivity (Wildman–Crippen MR) is 63.4 cm³/mol. The van der Waals surface area contributed by atoms with Crippen LogP contribution in [-0.4, -0.2) is 10.9 Å². The van der Waals surface area contributed by atoms with Crippen LogP contribution in [0.5, 0.6) is 0 Å². The lowest BCUT2D eigenvalue weighted by molar-refractivity contribution is -0.123. The predicted octanol–water partition coefficient (Wildman–Crippen LogP) is 2.06. The van der Waals surface area contributed by atoms with Crippen LogP contribution < -0.4 is 11.1 Å². The van der Waals surface area contributed by atoms with Gasteiger partial charge in [-0.1, -0.05) is 38.7 Å². The van der Waals surface area contributed by atoms with Crippen LogP contribution in [0.2, 0.25) is 0 Å². The van der Waals surface area contributed by atoms with Gasteiger partial charge in [0.2, 0.25) is 5.91 Å². The molecular weight excluding hydrogens is 210 g/mol. The molecule has 0 aliphatic rings. The van der Waals surface area contributed by atoms with Gasteiger partial charge in [0.25, 0.3) is 0 Å². The fourth-order valence-electron chi connectivity index (χ4n) is 0.765. The molecule has 0 saturated carbocycles. The molecule has 0 fully saturated rings. The van der Waals surface area contributed by atoms with E-state index in [2.05, 4.69) is 16.9 Å². The van der Waals surface area contributed by atoms with E-state index < -0.39 is 5.41 Å².